The number of benzene rings is 9. The third-order valence-corrected chi connectivity index (χ3v) is 11.9. The van der Waals surface area contributed by atoms with E-state index in [-0.39, 0.29) is 0 Å². The highest BCUT2D eigenvalue weighted by Gasteiger charge is 2.21. The third-order valence-electron chi connectivity index (χ3n) is 11.9. The van der Waals surface area contributed by atoms with Gasteiger partial charge in [-0.05, 0) is 87.5 Å². The van der Waals surface area contributed by atoms with Crippen molar-refractivity contribution in [3.8, 4) is 78.4 Å². The summed E-state index contributed by atoms with van der Waals surface area (Å²) in [6, 6.07) is 76.1. The minimum Gasteiger partial charge on any atom is -0.456 e. The molecule has 3 heterocycles. The summed E-state index contributed by atoms with van der Waals surface area (Å²) >= 11 is 0. The van der Waals surface area contributed by atoms with E-state index in [0.717, 1.165) is 116 Å². The normalized spacial score (nSPS) is 11.5. The van der Waals surface area contributed by atoms with E-state index >= 15 is 0 Å². The first-order valence-electron chi connectivity index (χ1n) is 20.9. The van der Waals surface area contributed by atoms with E-state index in [0.29, 0.717) is 5.82 Å². The number of hydrogen-bond acceptors (Lipinski definition) is 4. The molecule has 3 aromatic heterocycles. The third kappa shape index (κ3) is 6.16. The van der Waals surface area contributed by atoms with Gasteiger partial charge in [-0.2, -0.15) is 0 Å². The summed E-state index contributed by atoms with van der Waals surface area (Å²) in [5.41, 5.74) is 16.9. The average Bonchev–Trinajstić information content (AvgIpc) is 3.94. The summed E-state index contributed by atoms with van der Waals surface area (Å²) in [4.78, 5) is 10.5. The van der Waals surface area contributed by atoms with E-state index in [2.05, 4.69) is 188 Å². The highest BCUT2D eigenvalue weighted by molar-refractivity contribution is 6.20. The molecule has 290 valence electrons. The van der Waals surface area contributed by atoms with Gasteiger partial charge in [-0.3, -0.25) is 0 Å². The van der Waals surface area contributed by atoms with Crippen LogP contribution in [0.2, 0.25) is 0 Å². The second-order valence-corrected chi connectivity index (χ2v) is 15.7. The minimum atomic E-state index is 0.669. The number of para-hydroxylation sites is 2. The molecule has 0 fully saturated rings. The molecule has 4 heteroatoms. The van der Waals surface area contributed by atoms with Gasteiger partial charge in [0.15, 0.2) is 5.82 Å². The van der Waals surface area contributed by atoms with Crippen molar-refractivity contribution in [1.82, 2.24) is 9.97 Å². The topological polar surface area (TPSA) is 52.1 Å². The maximum atomic E-state index is 6.77. The maximum Gasteiger partial charge on any atom is 0.160 e. The number of aromatic nitrogens is 2. The lowest BCUT2D eigenvalue weighted by Crippen LogP contribution is -1.97. The van der Waals surface area contributed by atoms with Crippen molar-refractivity contribution in [2.45, 2.75) is 0 Å². The lowest BCUT2D eigenvalue weighted by molar-refractivity contribution is 0.668. The Labute approximate surface area is 358 Å². The molecule has 12 rings (SSSR count). The highest BCUT2D eigenvalue weighted by atomic mass is 16.3. The molecule has 0 aliphatic carbocycles. The van der Waals surface area contributed by atoms with Crippen LogP contribution in [0.5, 0.6) is 0 Å². The van der Waals surface area contributed by atoms with Crippen LogP contribution in [0.15, 0.2) is 227 Å². The molecule has 0 saturated carbocycles. The van der Waals surface area contributed by atoms with E-state index in [4.69, 9.17) is 18.8 Å². The van der Waals surface area contributed by atoms with Crippen molar-refractivity contribution in [3.05, 3.63) is 218 Å². The Morgan fingerprint density at radius 1 is 0.274 bits per heavy atom. The van der Waals surface area contributed by atoms with E-state index < -0.39 is 0 Å². The fourth-order valence-corrected chi connectivity index (χ4v) is 8.93. The Kier molecular flexibility index (Phi) is 8.46. The second kappa shape index (κ2) is 14.7. The predicted molar refractivity (Wildman–Crippen MR) is 255 cm³/mol. The fraction of sp³-hybridized carbons (Fsp3) is 0. The quantitative estimate of drug-likeness (QED) is 0.161. The van der Waals surface area contributed by atoms with E-state index in [1.807, 2.05) is 30.3 Å². The molecule has 0 unspecified atom stereocenters. The number of nitrogens with zero attached hydrogens (tertiary/aromatic N) is 2. The minimum absolute atomic E-state index is 0.669. The van der Waals surface area contributed by atoms with Crippen LogP contribution in [0, 0.1) is 0 Å². The molecule has 0 saturated heterocycles. The number of hydrogen-bond donors (Lipinski definition) is 0. The van der Waals surface area contributed by atoms with Crippen LogP contribution >= 0.6 is 0 Å². The molecule has 0 atom stereocenters. The second-order valence-electron chi connectivity index (χ2n) is 15.7. The molecular formula is C58H36N2O2. The molecular weight excluding hydrogens is 757 g/mol. The van der Waals surface area contributed by atoms with Crippen LogP contribution in [0.1, 0.15) is 0 Å². The molecule has 0 amide bonds. The van der Waals surface area contributed by atoms with Gasteiger partial charge in [0, 0.05) is 43.8 Å². The van der Waals surface area contributed by atoms with Crippen molar-refractivity contribution in [2.24, 2.45) is 0 Å². The van der Waals surface area contributed by atoms with Gasteiger partial charge >= 0.3 is 0 Å². The first-order chi connectivity index (χ1) is 30.7. The molecule has 0 radical (unpaired) electrons. The van der Waals surface area contributed by atoms with Crippen LogP contribution < -0.4 is 0 Å². The van der Waals surface area contributed by atoms with Crippen molar-refractivity contribution in [1.29, 1.82) is 0 Å². The zero-order chi connectivity index (χ0) is 41.0. The zero-order valence-corrected chi connectivity index (χ0v) is 33.5. The zero-order valence-electron chi connectivity index (χ0n) is 33.5. The Morgan fingerprint density at radius 3 is 1.40 bits per heavy atom. The van der Waals surface area contributed by atoms with Crippen LogP contribution in [-0.4, -0.2) is 9.97 Å². The lowest BCUT2D eigenvalue weighted by Gasteiger charge is -2.13. The van der Waals surface area contributed by atoms with Gasteiger partial charge < -0.3 is 8.83 Å². The summed E-state index contributed by atoms with van der Waals surface area (Å²) < 4.78 is 13.1. The molecule has 0 bridgehead atoms. The van der Waals surface area contributed by atoms with E-state index in [9.17, 15) is 0 Å². The van der Waals surface area contributed by atoms with E-state index in [1.165, 1.54) is 0 Å². The molecule has 9 aromatic carbocycles. The Morgan fingerprint density at radius 2 is 0.758 bits per heavy atom. The Balaban J connectivity index is 0.998. The summed E-state index contributed by atoms with van der Waals surface area (Å²) in [6.45, 7) is 0. The van der Waals surface area contributed by atoms with Crippen molar-refractivity contribution in [2.75, 3.05) is 0 Å². The fourth-order valence-electron chi connectivity index (χ4n) is 8.93. The Hall–Kier alpha value is -8.34. The molecule has 0 N–H and O–H groups in total. The van der Waals surface area contributed by atoms with Gasteiger partial charge in [0.1, 0.15) is 22.3 Å². The summed E-state index contributed by atoms with van der Waals surface area (Å²) in [5, 5.41) is 4.34. The Bertz CT molecular complexity index is 3550. The van der Waals surface area contributed by atoms with Crippen LogP contribution in [0.3, 0.4) is 0 Å². The van der Waals surface area contributed by atoms with Crippen LogP contribution in [-0.2, 0) is 0 Å². The monoisotopic (exact) mass is 792 g/mol. The molecule has 0 aliphatic rings. The molecule has 4 nitrogen and oxygen atoms in total. The van der Waals surface area contributed by atoms with Gasteiger partial charge in [-0.1, -0.05) is 170 Å². The van der Waals surface area contributed by atoms with Gasteiger partial charge in [-0.25, -0.2) is 9.97 Å². The number of furan rings is 2. The smallest absolute Gasteiger partial charge is 0.160 e. The molecule has 0 spiro atoms. The van der Waals surface area contributed by atoms with Gasteiger partial charge in [0.05, 0.1) is 11.4 Å². The molecule has 0 aliphatic heterocycles. The SMILES string of the molecule is c1ccc(-c2cc(-c3ccccc3)cc(-c3nc(-c4ccccc4)cc(-c4ccc(-c5ccc(-c6cccc7oc8ccccc8c67)c6oc7ccccc7c56)cc4)n3)c2)cc1. The predicted octanol–water partition coefficient (Wildman–Crippen LogP) is 15.9. The number of fused-ring (bicyclic) bond motifs is 6. The summed E-state index contributed by atoms with van der Waals surface area (Å²) in [7, 11) is 0. The maximum absolute atomic E-state index is 6.77. The lowest BCUT2D eigenvalue weighted by atomic mass is 9.92. The van der Waals surface area contributed by atoms with E-state index in [1.54, 1.807) is 0 Å². The van der Waals surface area contributed by atoms with Crippen molar-refractivity contribution < 1.29 is 8.83 Å². The van der Waals surface area contributed by atoms with Crippen molar-refractivity contribution in [3.63, 3.8) is 0 Å². The van der Waals surface area contributed by atoms with Crippen LogP contribution in [0.4, 0.5) is 0 Å². The summed E-state index contributed by atoms with van der Waals surface area (Å²) in [5.74, 6) is 0.669. The van der Waals surface area contributed by atoms with Gasteiger partial charge in [-0.15, -0.1) is 0 Å². The largest absolute Gasteiger partial charge is 0.456 e. The standard InChI is InChI=1S/C58H36N2O2/c1-4-15-37(16-5-1)42-33-43(38-17-6-2-7-18-38)35-44(34-42)58-59-50(40-19-8-3-9-20-40)36-51(60-58)41-29-27-39(28-30-41)45-31-32-47(57-56(45)49-22-11-13-25-53(49)62-57)46-23-14-26-54-55(46)48-21-10-12-24-52(48)61-54/h1-36H. The van der Waals surface area contributed by atoms with Crippen molar-refractivity contribution >= 4 is 43.9 Å². The molecule has 62 heavy (non-hydrogen) atoms. The summed E-state index contributed by atoms with van der Waals surface area (Å²) in [6.07, 6.45) is 0. The average molecular weight is 793 g/mol. The first kappa shape index (κ1) is 35.6. The number of rotatable bonds is 7. The molecule has 12 aromatic rings. The van der Waals surface area contributed by atoms with Gasteiger partial charge in [0.25, 0.3) is 0 Å². The first-order valence-corrected chi connectivity index (χ1v) is 20.9. The van der Waals surface area contributed by atoms with Gasteiger partial charge in [0.2, 0.25) is 0 Å². The highest BCUT2D eigenvalue weighted by Crippen LogP contribution is 2.45. The van der Waals surface area contributed by atoms with Crippen LogP contribution in [0.25, 0.3) is 122 Å².